The van der Waals surface area contributed by atoms with Gasteiger partial charge >= 0.3 is 0 Å². The quantitative estimate of drug-likeness (QED) is 0.535. The molecule has 0 spiro atoms. The molecule has 0 bridgehead atoms. The van der Waals surface area contributed by atoms with Crippen molar-refractivity contribution >= 4 is 23.4 Å². The van der Waals surface area contributed by atoms with Crippen molar-refractivity contribution in [1.29, 1.82) is 0 Å². The van der Waals surface area contributed by atoms with Crippen LogP contribution in [0.1, 0.15) is 27.9 Å². The standard InChI is InChI=1S/C26H23FN2O4/c1-17-6-8-18(9-7-17)16-28(25(31)19-4-3-5-22(14-19)33-2)23-15-24(30)29(26(23)32)21-12-10-20(27)11-13-21/h3-14,23H,15-16H2,1-2H3. The van der Waals surface area contributed by atoms with Crippen molar-refractivity contribution in [3.05, 3.63) is 95.3 Å². The zero-order chi connectivity index (χ0) is 23.5. The van der Waals surface area contributed by atoms with Gasteiger partial charge in [-0.25, -0.2) is 9.29 Å². The zero-order valence-electron chi connectivity index (χ0n) is 18.3. The summed E-state index contributed by atoms with van der Waals surface area (Å²) in [6.45, 7) is 2.11. The van der Waals surface area contributed by atoms with Crippen LogP contribution >= 0.6 is 0 Å². The van der Waals surface area contributed by atoms with Gasteiger partial charge in [-0.1, -0.05) is 35.9 Å². The molecule has 1 saturated heterocycles. The van der Waals surface area contributed by atoms with Gasteiger partial charge in [-0.15, -0.1) is 0 Å². The molecule has 3 aromatic rings. The number of carbonyl (C=O) groups is 3. The van der Waals surface area contributed by atoms with Gasteiger partial charge < -0.3 is 9.64 Å². The van der Waals surface area contributed by atoms with E-state index >= 15 is 0 Å². The van der Waals surface area contributed by atoms with E-state index in [1.165, 1.54) is 36.3 Å². The fraction of sp³-hybridized carbons (Fsp3) is 0.192. The monoisotopic (exact) mass is 446 g/mol. The normalized spacial score (nSPS) is 15.6. The molecule has 0 saturated carbocycles. The molecular weight excluding hydrogens is 423 g/mol. The molecule has 6 nitrogen and oxygen atoms in total. The number of methoxy groups -OCH3 is 1. The first-order valence-electron chi connectivity index (χ1n) is 10.5. The molecule has 1 fully saturated rings. The maximum absolute atomic E-state index is 13.6. The minimum atomic E-state index is -0.984. The highest BCUT2D eigenvalue weighted by Crippen LogP contribution is 2.28. The third kappa shape index (κ3) is 4.62. The first-order valence-corrected chi connectivity index (χ1v) is 10.5. The van der Waals surface area contributed by atoms with Crippen LogP contribution < -0.4 is 9.64 Å². The number of rotatable bonds is 6. The van der Waals surface area contributed by atoms with E-state index in [9.17, 15) is 18.8 Å². The third-order valence-corrected chi connectivity index (χ3v) is 5.63. The van der Waals surface area contributed by atoms with Crippen LogP contribution in [-0.2, 0) is 16.1 Å². The first kappa shape index (κ1) is 22.2. The van der Waals surface area contributed by atoms with Gasteiger partial charge in [0.05, 0.1) is 19.2 Å². The SMILES string of the molecule is COc1cccc(C(=O)N(Cc2ccc(C)cc2)C2CC(=O)N(c3ccc(F)cc3)C2=O)c1. The fourth-order valence-electron chi connectivity index (χ4n) is 3.86. The lowest BCUT2D eigenvalue weighted by Crippen LogP contribution is -2.45. The van der Waals surface area contributed by atoms with Crippen molar-refractivity contribution in [2.24, 2.45) is 0 Å². The second-order valence-corrected chi connectivity index (χ2v) is 7.91. The van der Waals surface area contributed by atoms with Crippen molar-refractivity contribution in [2.45, 2.75) is 25.9 Å². The lowest BCUT2D eigenvalue weighted by molar-refractivity contribution is -0.122. The average Bonchev–Trinajstić information content (AvgIpc) is 3.12. The molecule has 1 atom stereocenters. The molecule has 1 aliphatic rings. The Morgan fingerprint density at radius 3 is 2.42 bits per heavy atom. The average molecular weight is 446 g/mol. The number of anilines is 1. The van der Waals surface area contributed by atoms with Crippen LogP contribution in [0.4, 0.5) is 10.1 Å². The molecule has 1 unspecified atom stereocenters. The van der Waals surface area contributed by atoms with Crippen LogP contribution in [0.25, 0.3) is 0 Å². The van der Waals surface area contributed by atoms with Crippen LogP contribution in [0.5, 0.6) is 5.75 Å². The number of carbonyl (C=O) groups excluding carboxylic acids is 3. The first-order chi connectivity index (χ1) is 15.9. The third-order valence-electron chi connectivity index (χ3n) is 5.63. The van der Waals surface area contributed by atoms with E-state index in [2.05, 4.69) is 0 Å². The summed E-state index contributed by atoms with van der Waals surface area (Å²) in [6.07, 6.45) is -0.155. The van der Waals surface area contributed by atoms with Crippen LogP contribution in [0, 0.1) is 12.7 Å². The summed E-state index contributed by atoms with van der Waals surface area (Å²) in [6, 6.07) is 18.4. The number of amides is 3. The largest absolute Gasteiger partial charge is 0.497 e. The van der Waals surface area contributed by atoms with Crippen LogP contribution in [-0.4, -0.2) is 35.8 Å². The van der Waals surface area contributed by atoms with Gasteiger partial charge in [-0.3, -0.25) is 14.4 Å². The molecule has 1 heterocycles. The van der Waals surface area contributed by atoms with Crippen LogP contribution in [0.3, 0.4) is 0 Å². The highest BCUT2D eigenvalue weighted by Gasteiger charge is 2.44. The number of imide groups is 1. The summed E-state index contributed by atoms with van der Waals surface area (Å²) in [4.78, 5) is 42.1. The van der Waals surface area contributed by atoms with E-state index < -0.39 is 23.7 Å². The van der Waals surface area contributed by atoms with Crippen molar-refractivity contribution in [3.63, 3.8) is 0 Å². The van der Waals surface area contributed by atoms with Crippen molar-refractivity contribution in [2.75, 3.05) is 12.0 Å². The predicted octanol–water partition coefficient (Wildman–Crippen LogP) is 4.12. The smallest absolute Gasteiger partial charge is 0.257 e. The highest BCUT2D eigenvalue weighted by molar-refractivity contribution is 6.23. The Bertz CT molecular complexity index is 1190. The molecule has 0 radical (unpaired) electrons. The van der Waals surface area contributed by atoms with Gasteiger partial charge in [0.25, 0.3) is 11.8 Å². The number of hydrogen-bond acceptors (Lipinski definition) is 4. The maximum atomic E-state index is 13.6. The Hall–Kier alpha value is -4.00. The number of nitrogens with zero attached hydrogens (tertiary/aromatic N) is 2. The van der Waals surface area contributed by atoms with Gasteiger partial charge in [0.2, 0.25) is 5.91 Å². The molecule has 3 aromatic carbocycles. The molecule has 1 aliphatic heterocycles. The summed E-state index contributed by atoms with van der Waals surface area (Å²) < 4.78 is 18.6. The number of halogens is 1. The Balaban J connectivity index is 1.69. The minimum absolute atomic E-state index is 0.150. The van der Waals surface area contributed by atoms with Gasteiger partial charge in [0.15, 0.2) is 0 Å². The maximum Gasteiger partial charge on any atom is 0.257 e. The second kappa shape index (κ2) is 9.24. The topological polar surface area (TPSA) is 66.9 Å². The van der Waals surface area contributed by atoms with E-state index in [4.69, 9.17) is 4.74 Å². The molecule has 0 aromatic heterocycles. The number of aryl methyl sites for hydroxylation is 1. The fourth-order valence-corrected chi connectivity index (χ4v) is 3.86. The Morgan fingerprint density at radius 2 is 1.76 bits per heavy atom. The molecule has 0 N–H and O–H groups in total. The molecule has 4 rings (SSSR count). The molecule has 3 amide bonds. The van der Waals surface area contributed by atoms with E-state index in [1.54, 1.807) is 24.3 Å². The van der Waals surface area contributed by atoms with Gasteiger partial charge in [0.1, 0.15) is 17.6 Å². The molecule has 33 heavy (non-hydrogen) atoms. The summed E-state index contributed by atoms with van der Waals surface area (Å²) in [5, 5.41) is 0. The van der Waals surface area contributed by atoms with Gasteiger partial charge in [-0.05, 0) is 55.0 Å². The van der Waals surface area contributed by atoms with Crippen molar-refractivity contribution < 1.29 is 23.5 Å². The van der Waals surface area contributed by atoms with E-state index in [1.807, 2.05) is 31.2 Å². The number of benzene rings is 3. The minimum Gasteiger partial charge on any atom is -0.497 e. The molecular formula is C26H23FN2O4. The van der Waals surface area contributed by atoms with E-state index in [0.717, 1.165) is 16.0 Å². The number of hydrogen-bond donors (Lipinski definition) is 0. The Kier molecular flexibility index (Phi) is 6.22. The van der Waals surface area contributed by atoms with E-state index in [0.29, 0.717) is 11.3 Å². The highest BCUT2D eigenvalue weighted by atomic mass is 19.1. The molecule has 7 heteroatoms. The summed E-state index contributed by atoms with van der Waals surface area (Å²) in [5.74, 6) is -1.30. The van der Waals surface area contributed by atoms with E-state index in [-0.39, 0.29) is 24.6 Å². The summed E-state index contributed by atoms with van der Waals surface area (Å²) in [5.41, 5.74) is 2.52. The van der Waals surface area contributed by atoms with Gasteiger partial charge in [0, 0.05) is 12.1 Å². The second-order valence-electron chi connectivity index (χ2n) is 7.91. The summed E-state index contributed by atoms with van der Waals surface area (Å²) in [7, 11) is 1.51. The Morgan fingerprint density at radius 1 is 1.06 bits per heavy atom. The van der Waals surface area contributed by atoms with Crippen LogP contribution in [0.2, 0.25) is 0 Å². The zero-order valence-corrected chi connectivity index (χ0v) is 18.3. The Labute approximate surface area is 191 Å². The van der Waals surface area contributed by atoms with Gasteiger partial charge in [-0.2, -0.15) is 0 Å². The van der Waals surface area contributed by atoms with Crippen LogP contribution in [0.15, 0.2) is 72.8 Å². The van der Waals surface area contributed by atoms with Crippen molar-refractivity contribution in [3.8, 4) is 5.75 Å². The predicted molar refractivity (Wildman–Crippen MR) is 121 cm³/mol. The van der Waals surface area contributed by atoms with Crippen molar-refractivity contribution in [1.82, 2.24) is 4.90 Å². The molecule has 168 valence electrons. The lowest BCUT2D eigenvalue weighted by atomic mass is 10.1. The summed E-state index contributed by atoms with van der Waals surface area (Å²) >= 11 is 0. The number of ether oxygens (including phenoxy) is 1. The lowest BCUT2D eigenvalue weighted by Gasteiger charge is -2.28. The molecule has 0 aliphatic carbocycles.